The van der Waals surface area contributed by atoms with E-state index in [1.165, 1.54) is 0 Å². The molecule has 2 aliphatic rings. The topological polar surface area (TPSA) is 84.9 Å². The summed E-state index contributed by atoms with van der Waals surface area (Å²) >= 11 is 0. The van der Waals surface area contributed by atoms with Gasteiger partial charge in [-0.15, -0.1) is 0 Å². The molecule has 9 nitrogen and oxygen atoms in total. The number of rotatable bonds is 4. The molecule has 0 spiro atoms. The number of carbonyl (C=O) groups is 1. The van der Waals surface area contributed by atoms with Crippen molar-refractivity contribution in [1.82, 2.24) is 9.80 Å². The van der Waals surface area contributed by atoms with Crippen molar-refractivity contribution in [3.63, 3.8) is 0 Å². The summed E-state index contributed by atoms with van der Waals surface area (Å²) in [5.74, 6) is 4.09. The van der Waals surface area contributed by atoms with Crippen LogP contribution in [-0.4, -0.2) is 68.7 Å². The Hall–Kier alpha value is -4.40. The maximum Gasteiger partial charge on any atom is 0.322 e. The first kappa shape index (κ1) is 24.3. The number of hydrogen-bond donors (Lipinski definition) is 1. The van der Waals surface area contributed by atoms with Gasteiger partial charge in [-0.1, -0.05) is 12.1 Å². The molecule has 0 aliphatic carbocycles. The summed E-state index contributed by atoms with van der Waals surface area (Å²) < 4.78 is 22.3. The quantitative estimate of drug-likeness (QED) is 0.532. The summed E-state index contributed by atoms with van der Waals surface area (Å²) in [4.78, 5) is 22.3. The van der Waals surface area contributed by atoms with Crippen molar-refractivity contribution in [2.75, 3.05) is 46.3 Å². The molecule has 0 unspecified atom stereocenters. The molecule has 1 saturated heterocycles. The second kappa shape index (κ2) is 10.3. The zero-order valence-electron chi connectivity index (χ0n) is 21.4. The molecule has 37 heavy (non-hydrogen) atoms. The third-order valence-electron chi connectivity index (χ3n) is 6.58. The largest absolute Gasteiger partial charge is 0.497 e. The molecule has 1 N–H and O–H groups in total. The van der Waals surface area contributed by atoms with Crippen molar-refractivity contribution < 1.29 is 23.7 Å². The van der Waals surface area contributed by atoms with E-state index in [0.717, 1.165) is 17.1 Å². The summed E-state index contributed by atoms with van der Waals surface area (Å²) in [6.45, 7) is 3.79. The molecule has 0 aromatic heterocycles. The normalized spacial score (nSPS) is 16.4. The number of amides is 2. The molecule has 0 bridgehead atoms. The Labute approximate surface area is 216 Å². The van der Waals surface area contributed by atoms with Gasteiger partial charge in [-0.2, -0.15) is 0 Å². The second-order valence-electron chi connectivity index (χ2n) is 8.85. The number of para-hydroxylation sites is 2. The van der Waals surface area contributed by atoms with Gasteiger partial charge >= 0.3 is 6.03 Å². The average molecular weight is 503 g/mol. The predicted molar refractivity (Wildman–Crippen MR) is 142 cm³/mol. The molecular formula is C28H30N4O5. The van der Waals surface area contributed by atoms with Crippen LogP contribution < -0.4 is 24.3 Å². The first-order valence-corrected chi connectivity index (χ1v) is 12.1. The minimum absolute atomic E-state index is 0.0678. The SMILES string of the molecule is COc1ccc(NC(=O)N2CCN(C3=Nc4ccccc4Oc4cc(OC)ccc43)C[C@H]2C)c(OC)c1. The highest BCUT2D eigenvalue weighted by Gasteiger charge is 2.32. The Morgan fingerprint density at radius 1 is 0.946 bits per heavy atom. The van der Waals surface area contributed by atoms with E-state index in [0.29, 0.717) is 54.1 Å². The summed E-state index contributed by atoms with van der Waals surface area (Å²) in [6, 6.07) is 18.5. The number of aliphatic imine (C=N–C) groups is 1. The molecule has 0 saturated carbocycles. The number of piperazine rings is 1. The summed E-state index contributed by atoms with van der Waals surface area (Å²) in [5, 5.41) is 2.98. The Morgan fingerprint density at radius 2 is 1.70 bits per heavy atom. The van der Waals surface area contributed by atoms with Crippen molar-refractivity contribution in [1.29, 1.82) is 0 Å². The van der Waals surface area contributed by atoms with Crippen LogP contribution in [0.1, 0.15) is 12.5 Å². The monoisotopic (exact) mass is 502 g/mol. The standard InChI is InChI=1S/C28H30N4O5/c1-18-17-31(13-14-32(18)28(33)30-23-12-10-20(35-3)16-26(23)36-4)27-21-11-9-19(34-2)15-25(21)37-24-8-6-5-7-22(24)29-27/h5-12,15-16,18H,13-14,17H2,1-4H3,(H,30,33)/t18-/m1/s1. The van der Waals surface area contributed by atoms with Crippen LogP contribution in [0.3, 0.4) is 0 Å². The van der Waals surface area contributed by atoms with Gasteiger partial charge in [0.05, 0.1) is 32.6 Å². The fraction of sp³-hybridized carbons (Fsp3) is 0.286. The zero-order valence-corrected chi connectivity index (χ0v) is 21.4. The van der Waals surface area contributed by atoms with Crippen molar-refractivity contribution in [2.45, 2.75) is 13.0 Å². The number of ether oxygens (including phenoxy) is 4. The lowest BCUT2D eigenvalue weighted by atomic mass is 10.1. The van der Waals surface area contributed by atoms with Gasteiger partial charge in [-0.05, 0) is 43.3 Å². The van der Waals surface area contributed by atoms with Crippen LogP contribution in [0.5, 0.6) is 28.7 Å². The van der Waals surface area contributed by atoms with Gasteiger partial charge in [0.25, 0.3) is 0 Å². The molecule has 3 aromatic carbocycles. The van der Waals surface area contributed by atoms with Gasteiger partial charge < -0.3 is 34.1 Å². The Bertz CT molecular complexity index is 1340. The lowest BCUT2D eigenvalue weighted by Crippen LogP contribution is -2.56. The van der Waals surface area contributed by atoms with Crippen LogP contribution in [0.4, 0.5) is 16.2 Å². The lowest BCUT2D eigenvalue weighted by Gasteiger charge is -2.41. The second-order valence-corrected chi connectivity index (χ2v) is 8.85. The summed E-state index contributed by atoms with van der Waals surface area (Å²) in [5.41, 5.74) is 2.23. The maximum absolute atomic E-state index is 13.2. The first-order valence-electron chi connectivity index (χ1n) is 12.1. The first-order chi connectivity index (χ1) is 18.0. The Morgan fingerprint density at radius 3 is 2.46 bits per heavy atom. The molecule has 3 aromatic rings. The number of benzene rings is 3. The van der Waals surface area contributed by atoms with Crippen LogP contribution in [0, 0.1) is 0 Å². The number of methoxy groups -OCH3 is 3. The Balaban J connectivity index is 1.37. The maximum atomic E-state index is 13.2. The highest BCUT2D eigenvalue weighted by atomic mass is 16.5. The number of fused-ring (bicyclic) bond motifs is 2. The van der Waals surface area contributed by atoms with Crippen LogP contribution in [0.15, 0.2) is 65.7 Å². The number of nitrogens with zero attached hydrogens (tertiary/aromatic N) is 3. The molecule has 192 valence electrons. The van der Waals surface area contributed by atoms with E-state index in [2.05, 4.69) is 10.2 Å². The van der Waals surface area contributed by atoms with Crippen LogP contribution in [-0.2, 0) is 0 Å². The van der Waals surface area contributed by atoms with Crippen LogP contribution in [0.2, 0.25) is 0 Å². The van der Waals surface area contributed by atoms with E-state index in [9.17, 15) is 4.79 Å². The van der Waals surface area contributed by atoms with Gasteiger partial charge in [-0.3, -0.25) is 0 Å². The molecule has 2 aliphatic heterocycles. The molecular weight excluding hydrogens is 472 g/mol. The van der Waals surface area contributed by atoms with E-state index in [1.54, 1.807) is 39.5 Å². The number of amidine groups is 1. The van der Waals surface area contributed by atoms with Crippen molar-refractivity contribution in [3.8, 4) is 28.7 Å². The fourth-order valence-corrected chi connectivity index (χ4v) is 4.61. The molecule has 2 amide bonds. The van der Waals surface area contributed by atoms with Gasteiger partial charge in [0.15, 0.2) is 5.75 Å². The molecule has 1 fully saturated rings. The number of urea groups is 1. The van der Waals surface area contributed by atoms with E-state index >= 15 is 0 Å². The molecule has 2 heterocycles. The van der Waals surface area contributed by atoms with Crippen molar-refractivity contribution >= 4 is 23.2 Å². The van der Waals surface area contributed by atoms with Crippen LogP contribution in [0.25, 0.3) is 0 Å². The summed E-state index contributed by atoms with van der Waals surface area (Å²) in [7, 11) is 4.79. The zero-order chi connectivity index (χ0) is 25.9. The predicted octanol–water partition coefficient (Wildman–Crippen LogP) is 5.13. The molecule has 5 rings (SSSR count). The van der Waals surface area contributed by atoms with Crippen molar-refractivity contribution in [2.24, 2.45) is 4.99 Å². The van der Waals surface area contributed by atoms with E-state index in [1.807, 2.05) is 54.3 Å². The van der Waals surface area contributed by atoms with Gasteiger partial charge in [0.2, 0.25) is 0 Å². The fourth-order valence-electron chi connectivity index (χ4n) is 4.61. The van der Waals surface area contributed by atoms with E-state index in [-0.39, 0.29) is 12.1 Å². The van der Waals surface area contributed by atoms with Gasteiger partial charge in [0.1, 0.15) is 34.5 Å². The number of hydrogen-bond acceptors (Lipinski definition) is 7. The minimum Gasteiger partial charge on any atom is -0.497 e. The van der Waals surface area contributed by atoms with Gasteiger partial charge in [-0.25, -0.2) is 9.79 Å². The van der Waals surface area contributed by atoms with E-state index in [4.69, 9.17) is 23.9 Å². The molecule has 9 heteroatoms. The minimum atomic E-state index is -0.183. The number of carbonyl (C=O) groups excluding carboxylic acids is 1. The van der Waals surface area contributed by atoms with Gasteiger partial charge in [0, 0.05) is 37.8 Å². The summed E-state index contributed by atoms with van der Waals surface area (Å²) in [6.07, 6.45) is 0. The average Bonchev–Trinajstić information content (AvgIpc) is 3.09. The highest BCUT2D eigenvalue weighted by Crippen LogP contribution is 2.39. The molecule has 0 radical (unpaired) electrons. The Kier molecular flexibility index (Phi) is 6.76. The lowest BCUT2D eigenvalue weighted by molar-refractivity contribution is 0.144. The number of nitrogens with one attached hydrogen (secondary N) is 1. The third kappa shape index (κ3) is 4.84. The molecule has 1 atom stereocenters. The smallest absolute Gasteiger partial charge is 0.322 e. The third-order valence-corrected chi connectivity index (χ3v) is 6.58. The van der Waals surface area contributed by atoms with E-state index < -0.39 is 0 Å². The van der Waals surface area contributed by atoms with Crippen LogP contribution >= 0.6 is 0 Å². The van der Waals surface area contributed by atoms with Crippen molar-refractivity contribution in [3.05, 3.63) is 66.2 Å². The highest BCUT2D eigenvalue weighted by molar-refractivity contribution is 6.04. The number of anilines is 1.